The Balaban J connectivity index is 1.78. The first-order valence-corrected chi connectivity index (χ1v) is 6.98. The minimum Gasteiger partial charge on any atom is -0.550 e. The number of hydrogen-bond donors (Lipinski definition) is 0. The van der Waals surface area contributed by atoms with Gasteiger partial charge in [-0.15, -0.1) is 0 Å². The van der Waals surface area contributed by atoms with Gasteiger partial charge in [-0.2, -0.15) is 0 Å². The van der Waals surface area contributed by atoms with E-state index in [-0.39, 0.29) is 5.91 Å². The maximum absolute atomic E-state index is 12.8. The number of rotatable bonds is 2. The molecule has 0 N–H and O–H groups in total. The van der Waals surface area contributed by atoms with Gasteiger partial charge in [-0.05, 0) is 18.6 Å². The molecule has 1 aromatic carbocycles. The molecular weight excluding hydrogens is 270 g/mol. The van der Waals surface area contributed by atoms with Crippen LogP contribution in [0.4, 0.5) is 5.69 Å². The van der Waals surface area contributed by atoms with Crippen LogP contribution >= 0.6 is 0 Å². The first-order valence-electron chi connectivity index (χ1n) is 6.98. The molecule has 4 unspecified atom stereocenters. The number of para-hydroxylation sites is 1. The van der Waals surface area contributed by atoms with Crippen LogP contribution in [-0.2, 0) is 14.3 Å². The number of nitrogens with zero attached hydrogens (tertiary/aromatic N) is 1. The van der Waals surface area contributed by atoms with Crippen molar-refractivity contribution in [2.45, 2.75) is 18.6 Å². The summed E-state index contributed by atoms with van der Waals surface area (Å²) < 4.78 is 5.83. The molecule has 1 amide bonds. The SMILES string of the molecule is Cc1ccccc1N1CC23C=CC(O2)C(C(=O)[O-])C3C1=O. The van der Waals surface area contributed by atoms with Gasteiger partial charge < -0.3 is 19.5 Å². The first-order chi connectivity index (χ1) is 10.0. The third kappa shape index (κ3) is 1.49. The summed E-state index contributed by atoms with van der Waals surface area (Å²) in [6.07, 6.45) is 3.05. The van der Waals surface area contributed by atoms with E-state index in [1.807, 2.05) is 37.3 Å². The quantitative estimate of drug-likeness (QED) is 0.719. The minimum atomic E-state index is -1.21. The van der Waals surface area contributed by atoms with Gasteiger partial charge in [-0.3, -0.25) is 4.79 Å². The highest BCUT2D eigenvalue weighted by atomic mass is 16.5. The van der Waals surface area contributed by atoms with Crippen molar-refractivity contribution in [2.75, 3.05) is 11.4 Å². The highest BCUT2D eigenvalue weighted by Gasteiger charge is 2.65. The number of carboxylic acids is 1. The van der Waals surface area contributed by atoms with E-state index in [2.05, 4.69) is 0 Å². The lowest BCUT2D eigenvalue weighted by Gasteiger charge is -2.24. The molecule has 0 saturated carbocycles. The van der Waals surface area contributed by atoms with Crippen molar-refractivity contribution in [3.05, 3.63) is 42.0 Å². The predicted octanol–water partition coefficient (Wildman–Crippen LogP) is 0.0313. The summed E-state index contributed by atoms with van der Waals surface area (Å²) in [5.41, 5.74) is 0.976. The molecule has 3 aliphatic rings. The lowest BCUT2D eigenvalue weighted by molar-refractivity contribution is -0.313. The van der Waals surface area contributed by atoms with Gasteiger partial charge in [0.1, 0.15) is 5.60 Å². The van der Waals surface area contributed by atoms with Gasteiger partial charge in [0.05, 0.1) is 18.6 Å². The Morgan fingerprint density at radius 3 is 2.90 bits per heavy atom. The van der Waals surface area contributed by atoms with Crippen molar-refractivity contribution >= 4 is 17.6 Å². The van der Waals surface area contributed by atoms with Gasteiger partial charge in [0.25, 0.3) is 0 Å². The molecule has 3 aliphatic heterocycles. The fraction of sp³-hybridized carbons (Fsp3) is 0.375. The van der Waals surface area contributed by atoms with E-state index in [4.69, 9.17) is 4.74 Å². The fourth-order valence-electron chi connectivity index (χ4n) is 3.84. The molecule has 5 heteroatoms. The zero-order valence-electron chi connectivity index (χ0n) is 11.5. The van der Waals surface area contributed by atoms with Crippen molar-refractivity contribution < 1.29 is 19.4 Å². The number of aryl methyl sites for hydroxylation is 1. The zero-order chi connectivity index (χ0) is 14.8. The van der Waals surface area contributed by atoms with Crippen molar-refractivity contribution in [1.82, 2.24) is 0 Å². The Labute approximate surface area is 121 Å². The van der Waals surface area contributed by atoms with Gasteiger partial charge in [0.15, 0.2) is 0 Å². The van der Waals surface area contributed by atoms with E-state index in [1.165, 1.54) is 0 Å². The molecule has 3 heterocycles. The molecule has 0 aromatic heterocycles. The first kappa shape index (κ1) is 12.6. The van der Waals surface area contributed by atoms with E-state index < -0.39 is 29.5 Å². The molecular formula is C16H14NO4-. The van der Waals surface area contributed by atoms with Crippen LogP contribution in [0.5, 0.6) is 0 Å². The summed E-state index contributed by atoms with van der Waals surface area (Å²) in [6.45, 7) is 2.29. The lowest BCUT2D eigenvalue weighted by Crippen LogP contribution is -2.45. The second-order valence-corrected chi connectivity index (χ2v) is 5.93. The van der Waals surface area contributed by atoms with Gasteiger partial charge in [-0.25, -0.2) is 0 Å². The van der Waals surface area contributed by atoms with Crippen LogP contribution in [-0.4, -0.2) is 30.1 Å². The number of amides is 1. The van der Waals surface area contributed by atoms with Gasteiger partial charge in [0, 0.05) is 17.6 Å². The summed E-state index contributed by atoms with van der Waals surface area (Å²) in [4.78, 5) is 25.8. The summed E-state index contributed by atoms with van der Waals surface area (Å²) in [5.74, 6) is -2.98. The van der Waals surface area contributed by atoms with Crippen LogP contribution < -0.4 is 10.0 Å². The van der Waals surface area contributed by atoms with Gasteiger partial charge in [-0.1, -0.05) is 30.4 Å². The number of carbonyl (C=O) groups is 2. The van der Waals surface area contributed by atoms with E-state index in [1.54, 1.807) is 11.0 Å². The molecule has 2 fully saturated rings. The van der Waals surface area contributed by atoms with E-state index >= 15 is 0 Å². The van der Waals surface area contributed by atoms with Crippen LogP contribution in [0.15, 0.2) is 36.4 Å². The van der Waals surface area contributed by atoms with E-state index in [9.17, 15) is 14.7 Å². The Hall–Kier alpha value is -2.14. The number of aliphatic carboxylic acids is 1. The summed E-state index contributed by atoms with van der Waals surface area (Å²) in [7, 11) is 0. The summed E-state index contributed by atoms with van der Waals surface area (Å²) in [5, 5.41) is 11.4. The van der Waals surface area contributed by atoms with Crippen LogP contribution in [0, 0.1) is 18.8 Å². The third-order valence-corrected chi connectivity index (χ3v) is 4.78. The van der Waals surface area contributed by atoms with Crippen molar-refractivity contribution in [1.29, 1.82) is 0 Å². The number of anilines is 1. The smallest absolute Gasteiger partial charge is 0.234 e. The molecule has 1 aromatic rings. The van der Waals surface area contributed by atoms with Gasteiger partial charge >= 0.3 is 0 Å². The Morgan fingerprint density at radius 1 is 1.43 bits per heavy atom. The molecule has 4 atom stereocenters. The van der Waals surface area contributed by atoms with Crippen molar-refractivity contribution in [2.24, 2.45) is 11.8 Å². The predicted molar refractivity (Wildman–Crippen MR) is 72.3 cm³/mol. The van der Waals surface area contributed by atoms with Crippen LogP contribution in [0.1, 0.15) is 5.56 Å². The van der Waals surface area contributed by atoms with E-state index in [0.717, 1.165) is 11.3 Å². The number of hydrogen-bond acceptors (Lipinski definition) is 4. The Morgan fingerprint density at radius 2 is 2.19 bits per heavy atom. The molecule has 2 bridgehead atoms. The van der Waals surface area contributed by atoms with Crippen molar-refractivity contribution in [3.63, 3.8) is 0 Å². The zero-order valence-corrected chi connectivity index (χ0v) is 11.5. The number of fused-ring (bicyclic) bond motifs is 1. The summed E-state index contributed by atoms with van der Waals surface area (Å²) >= 11 is 0. The fourth-order valence-corrected chi connectivity index (χ4v) is 3.84. The largest absolute Gasteiger partial charge is 0.550 e. The van der Waals surface area contributed by atoms with Crippen LogP contribution in [0.2, 0.25) is 0 Å². The average molecular weight is 284 g/mol. The van der Waals surface area contributed by atoms with Crippen LogP contribution in [0.3, 0.4) is 0 Å². The van der Waals surface area contributed by atoms with Crippen molar-refractivity contribution in [3.8, 4) is 0 Å². The Kier molecular flexibility index (Phi) is 2.37. The third-order valence-electron chi connectivity index (χ3n) is 4.78. The highest BCUT2D eigenvalue weighted by molar-refractivity contribution is 6.02. The average Bonchev–Trinajstić information content (AvgIpc) is 3.08. The number of benzene rings is 1. The standard InChI is InChI=1S/C16H15NO4/c1-9-4-2-3-5-10(9)17-8-16-7-6-11(21-16)12(15(19)20)13(16)14(17)18/h2-7,11-13H,8H2,1H3,(H,19,20)/p-1. The second kappa shape index (κ2) is 3.95. The van der Waals surface area contributed by atoms with E-state index in [0.29, 0.717) is 6.54 Å². The lowest BCUT2D eigenvalue weighted by atomic mass is 9.77. The molecule has 108 valence electrons. The monoisotopic (exact) mass is 284 g/mol. The maximum Gasteiger partial charge on any atom is 0.234 e. The molecule has 2 saturated heterocycles. The molecule has 1 spiro atoms. The summed E-state index contributed by atoms with van der Waals surface area (Å²) in [6, 6.07) is 7.57. The molecule has 0 aliphatic carbocycles. The number of ether oxygens (including phenoxy) is 1. The Bertz CT molecular complexity index is 683. The topological polar surface area (TPSA) is 69.7 Å². The number of carbonyl (C=O) groups excluding carboxylic acids is 2. The normalized spacial score (nSPS) is 36.3. The van der Waals surface area contributed by atoms with Gasteiger partial charge in [0.2, 0.25) is 5.91 Å². The minimum absolute atomic E-state index is 0.189. The molecule has 5 nitrogen and oxygen atoms in total. The van der Waals surface area contributed by atoms with Crippen LogP contribution in [0.25, 0.3) is 0 Å². The molecule has 21 heavy (non-hydrogen) atoms. The molecule has 4 rings (SSSR count). The molecule has 0 radical (unpaired) electrons. The maximum atomic E-state index is 12.8. The number of carboxylic acid groups (broad SMARTS) is 1. The highest BCUT2D eigenvalue weighted by Crippen LogP contribution is 2.52. The second-order valence-electron chi connectivity index (χ2n) is 5.93.